The van der Waals surface area contributed by atoms with Crippen LogP contribution in [0.15, 0.2) is 42.5 Å². The van der Waals surface area contributed by atoms with Gasteiger partial charge in [0.25, 0.3) is 11.8 Å². The smallest absolute Gasteiger partial charge is 0.319 e. The summed E-state index contributed by atoms with van der Waals surface area (Å²) in [5.41, 5.74) is 1.85. The van der Waals surface area contributed by atoms with E-state index in [1.54, 1.807) is 24.3 Å². The Kier molecular flexibility index (Phi) is 5.73. The van der Waals surface area contributed by atoms with Crippen molar-refractivity contribution < 1.29 is 18.8 Å². The van der Waals surface area contributed by atoms with Gasteiger partial charge in [0.05, 0.1) is 11.1 Å². The van der Waals surface area contributed by atoms with Gasteiger partial charge in [0.2, 0.25) is 0 Å². The number of nitrogens with one attached hydrogen (secondary N) is 2. The normalized spacial score (nSPS) is 13.1. The predicted octanol–water partition coefficient (Wildman–Crippen LogP) is 3.44. The fourth-order valence-electron chi connectivity index (χ4n) is 3.09. The molecule has 28 heavy (non-hydrogen) atoms. The molecule has 3 rings (SSSR count). The van der Waals surface area contributed by atoms with Gasteiger partial charge < -0.3 is 10.6 Å². The molecule has 2 N–H and O–H groups in total. The number of imide groups is 1. The highest BCUT2D eigenvalue weighted by Gasteiger charge is 2.35. The molecule has 1 aliphatic rings. The molecule has 146 valence electrons. The minimum absolute atomic E-state index is 0.170. The van der Waals surface area contributed by atoms with Crippen LogP contribution in [-0.2, 0) is 6.42 Å². The van der Waals surface area contributed by atoms with Gasteiger partial charge in [-0.1, -0.05) is 26.0 Å². The van der Waals surface area contributed by atoms with Crippen LogP contribution in [0.25, 0.3) is 0 Å². The van der Waals surface area contributed by atoms with Crippen LogP contribution in [0.3, 0.4) is 0 Å². The molecule has 0 saturated heterocycles. The number of halogens is 1. The zero-order valence-corrected chi connectivity index (χ0v) is 15.8. The molecule has 7 heteroatoms. The molecule has 0 spiro atoms. The van der Waals surface area contributed by atoms with E-state index >= 15 is 0 Å². The zero-order chi connectivity index (χ0) is 20.3. The number of carbonyl (C=O) groups excluding carboxylic acids is 3. The Bertz CT molecular complexity index is 927. The lowest BCUT2D eigenvalue weighted by Gasteiger charge is -2.15. The molecule has 2 aromatic rings. The summed E-state index contributed by atoms with van der Waals surface area (Å²) in [7, 11) is 0. The number of fused-ring (bicyclic) bond motifs is 1. The SMILES string of the molecule is CC(C)CN1C(=O)c2ccc(NC(=O)NCCc3cccc(F)c3)cc2C1=O. The quantitative estimate of drug-likeness (QED) is 0.750. The number of benzene rings is 2. The molecule has 0 unspecified atom stereocenters. The molecule has 0 atom stereocenters. The summed E-state index contributed by atoms with van der Waals surface area (Å²) in [5.74, 6) is -0.793. The lowest BCUT2D eigenvalue weighted by atomic mass is 10.1. The van der Waals surface area contributed by atoms with Crippen molar-refractivity contribution in [3.05, 3.63) is 65.0 Å². The van der Waals surface area contributed by atoms with E-state index in [9.17, 15) is 18.8 Å². The molecular formula is C21H22FN3O3. The van der Waals surface area contributed by atoms with Gasteiger partial charge in [0.15, 0.2) is 0 Å². The maximum atomic E-state index is 13.2. The van der Waals surface area contributed by atoms with Crippen LogP contribution in [0.5, 0.6) is 0 Å². The Balaban J connectivity index is 1.59. The maximum Gasteiger partial charge on any atom is 0.319 e. The van der Waals surface area contributed by atoms with Crippen LogP contribution in [-0.4, -0.2) is 35.8 Å². The van der Waals surface area contributed by atoms with E-state index in [-0.39, 0.29) is 23.5 Å². The van der Waals surface area contributed by atoms with Crippen LogP contribution in [0.2, 0.25) is 0 Å². The van der Waals surface area contributed by atoms with Crippen molar-refractivity contribution in [2.45, 2.75) is 20.3 Å². The standard InChI is InChI=1S/C21H22FN3O3/c1-13(2)12-25-19(26)17-7-6-16(11-18(17)20(25)27)24-21(28)23-9-8-14-4-3-5-15(22)10-14/h3-7,10-11,13H,8-9,12H2,1-2H3,(H2,23,24,28). The van der Waals surface area contributed by atoms with Crippen molar-refractivity contribution in [2.24, 2.45) is 5.92 Å². The van der Waals surface area contributed by atoms with Crippen molar-refractivity contribution >= 4 is 23.5 Å². The number of anilines is 1. The lowest BCUT2D eigenvalue weighted by Crippen LogP contribution is -2.33. The van der Waals surface area contributed by atoms with Crippen molar-refractivity contribution in [3.63, 3.8) is 0 Å². The summed E-state index contributed by atoms with van der Waals surface area (Å²) in [4.78, 5) is 38.1. The molecule has 2 aromatic carbocycles. The summed E-state index contributed by atoms with van der Waals surface area (Å²) >= 11 is 0. The summed E-state index contributed by atoms with van der Waals surface area (Å²) in [5, 5.41) is 5.34. The van der Waals surface area contributed by atoms with E-state index < -0.39 is 6.03 Å². The summed E-state index contributed by atoms with van der Waals surface area (Å²) < 4.78 is 13.2. The van der Waals surface area contributed by atoms with Crippen LogP contribution in [0, 0.1) is 11.7 Å². The van der Waals surface area contributed by atoms with Gasteiger partial charge in [0.1, 0.15) is 5.82 Å². The average molecular weight is 383 g/mol. The second-order valence-electron chi connectivity index (χ2n) is 7.14. The van der Waals surface area contributed by atoms with Crippen LogP contribution in [0.1, 0.15) is 40.1 Å². The number of amides is 4. The van der Waals surface area contributed by atoms with Gasteiger partial charge in [-0.25, -0.2) is 9.18 Å². The van der Waals surface area contributed by atoms with Crippen LogP contribution >= 0.6 is 0 Å². The topological polar surface area (TPSA) is 78.5 Å². The van der Waals surface area contributed by atoms with Gasteiger partial charge in [-0.15, -0.1) is 0 Å². The van der Waals surface area contributed by atoms with Crippen molar-refractivity contribution in [1.82, 2.24) is 10.2 Å². The molecule has 4 amide bonds. The van der Waals surface area contributed by atoms with E-state index in [1.165, 1.54) is 23.1 Å². The molecule has 0 radical (unpaired) electrons. The molecule has 0 bridgehead atoms. The number of carbonyl (C=O) groups is 3. The highest BCUT2D eigenvalue weighted by Crippen LogP contribution is 2.26. The van der Waals surface area contributed by atoms with E-state index in [0.717, 1.165) is 5.56 Å². The minimum atomic E-state index is -0.438. The summed E-state index contributed by atoms with van der Waals surface area (Å²) in [6, 6.07) is 10.4. The van der Waals surface area contributed by atoms with Gasteiger partial charge in [-0.2, -0.15) is 0 Å². The minimum Gasteiger partial charge on any atom is -0.338 e. The number of urea groups is 1. The zero-order valence-electron chi connectivity index (χ0n) is 15.8. The molecule has 0 saturated carbocycles. The number of rotatable bonds is 6. The first-order valence-electron chi connectivity index (χ1n) is 9.14. The summed E-state index contributed by atoms with van der Waals surface area (Å²) in [6.45, 7) is 4.56. The van der Waals surface area contributed by atoms with Crippen molar-refractivity contribution in [3.8, 4) is 0 Å². The Labute approximate surface area is 162 Å². The molecule has 1 heterocycles. The Morgan fingerprint density at radius 2 is 1.82 bits per heavy atom. The van der Waals surface area contributed by atoms with Crippen LogP contribution in [0.4, 0.5) is 14.9 Å². The van der Waals surface area contributed by atoms with E-state index in [0.29, 0.717) is 36.3 Å². The molecule has 6 nitrogen and oxygen atoms in total. The highest BCUT2D eigenvalue weighted by molar-refractivity contribution is 6.21. The number of nitrogens with zero attached hydrogens (tertiary/aromatic N) is 1. The largest absolute Gasteiger partial charge is 0.338 e. The highest BCUT2D eigenvalue weighted by atomic mass is 19.1. The maximum absolute atomic E-state index is 13.2. The Hall–Kier alpha value is -3.22. The third-order valence-corrected chi connectivity index (χ3v) is 4.36. The molecule has 1 aliphatic heterocycles. The third kappa shape index (κ3) is 4.36. The molecule has 0 fully saturated rings. The van der Waals surface area contributed by atoms with Gasteiger partial charge in [-0.3, -0.25) is 14.5 Å². The second kappa shape index (κ2) is 8.21. The van der Waals surface area contributed by atoms with Gasteiger partial charge in [0, 0.05) is 18.8 Å². The molecule has 0 aliphatic carbocycles. The molecule has 0 aromatic heterocycles. The van der Waals surface area contributed by atoms with E-state index in [4.69, 9.17) is 0 Å². The fourth-order valence-corrected chi connectivity index (χ4v) is 3.09. The Morgan fingerprint density at radius 1 is 1.07 bits per heavy atom. The first kappa shape index (κ1) is 19.5. The summed E-state index contributed by atoms with van der Waals surface area (Å²) in [6.07, 6.45) is 0.493. The first-order chi connectivity index (χ1) is 13.3. The van der Waals surface area contributed by atoms with E-state index in [2.05, 4.69) is 10.6 Å². The third-order valence-electron chi connectivity index (χ3n) is 4.36. The van der Waals surface area contributed by atoms with Gasteiger partial charge >= 0.3 is 6.03 Å². The van der Waals surface area contributed by atoms with Crippen LogP contribution < -0.4 is 10.6 Å². The number of hydrogen-bond acceptors (Lipinski definition) is 3. The monoisotopic (exact) mass is 383 g/mol. The second-order valence-corrected chi connectivity index (χ2v) is 7.14. The first-order valence-corrected chi connectivity index (χ1v) is 9.14. The number of hydrogen-bond donors (Lipinski definition) is 2. The Morgan fingerprint density at radius 3 is 2.54 bits per heavy atom. The lowest BCUT2D eigenvalue weighted by molar-refractivity contribution is 0.0636. The van der Waals surface area contributed by atoms with E-state index in [1.807, 2.05) is 13.8 Å². The van der Waals surface area contributed by atoms with Gasteiger partial charge in [-0.05, 0) is 48.2 Å². The van der Waals surface area contributed by atoms with Crippen molar-refractivity contribution in [1.29, 1.82) is 0 Å². The molecular weight excluding hydrogens is 361 g/mol. The average Bonchev–Trinajstić information content (AvgIpc) is 2.86. The fraction of sp³-hybridized carbons (Fsp3) is 0.286. The predicted molar refractivity (Wildman–Crippen MR) is 104 cm³/mol. The van der Waals surface area contributed by atoms with Crippen molar-refractivity contribution in [2.75, 3.05) is 18.4 Å².